The van der Waals surface area contributed by atoms with Crippen molar-refractivity contribution in [3.8, 4) is 6.07 Å². The van der Waals surface area contributed by atoms with Crippen LogP contribution in [0.1, 0.15) is 5.56 Å². The van der Waals surface area contributed by atoms with Gasteiger partial charge in [0.1, 0.15) is 5.69 Å². The molecule has 0 aromatic heterocycles. The largest absolute Gasteiger partial charge is 0.393 e. The fraction of sp³-hybridized carbons (Fsp3) is 0. The van der Waals surface area contributed by atoms with Crippen LogP contribution in [-0.2, 0) is 0 Å². The topological polar surface area (TPSA) is 92.9 Å². The molecule has 0 unspecified atom stereocenters. The molecule has 0 aliphatic heterocycles. The molecule has 0 saturated carbocycles. The van der Waals surface area contributed by atoms with Crippen molar-refractivity contribution < 1.29 is 4.92 Å². The van der Waals surface area contributed by atoms with E-state index in [9.17, 15) is 10.1 Å². The van der Waals surface area contributed by atoms with Crippen molar-refractivity contribution in [3.63, 3.8) is 0 Å². The molecule has 0 atom stereocenters. The van der Waals surface area contributed by atoms with Gasteiger partial charge in [0.05, 0.1) is 16.0 Å². The molecule has 0 aliphatic carbocycles. The van der Waals surface area contributed by atoms with Crippen molar-refractivity contribution in [2.75, 3.05) is 5.73 Å². The van der Waals surface area contributed by atoms with Crippen molar-refractivity contribution in [1.29, 1.82) is 5.26 Å². The summed E-state index contributed by atoms with van der Waals surface area (Å²) in [7, 11) is 0. The lowest BCUT2D eigenvalue weighted by Gasteiger charge is -2.01. The number of halogens is 1. The molecule has 0 spiro atoms. The molecule has 1 rings (SSSR count). The monoisotopic (exact) mass is 223 g/mol. The Balaban J connectivity index is 3.31. The molecule has 0 radical (unpaired) electrons. The smallest absolute Gasteiger partial charge is 0.292 e. The summed E-state index contributed by atoms with van der Waals surface area (Å²) in [6.07, 6.45) is 2.57. The van der Waals surface area contributed by atoms with Crippen molar-refractivity contribution in [2.24, 2.45) is 0 Å². The van der Waals surface area contributed by atoms with E-state index in [1.807, 2.05) is 0 Å². The second-order valence-electron chi connectivity index (χ2n) is 2.65. The van der Waals surface area contributed by atoms with Gasteiger partial charge in [-0.3, -0.25) is 10.1 Å². The van der Waals surface area contributed by atoms with Crippen molar-refractivity contribution in [3.05, 3.63) is 38.9 Å². The summed E-state index contributed by atoms with van der Waals surface area (Å²) in [5, 5.41) is 19.1. The maximum Gasteiger partial charge on any atom is 0.292 e. The van der Waals surface area contributed by atoms with Gasteiger partial charge in [0.25, 0.3) is 5.69 Å². The molecule has 76 valence electrons. The minimum absolute atomic E-state index is 0.000826. The quantitative estimate of drug-likeness (QED) is 0.360. The first-order valence-corrected chi connectivity index (χ1v) is 4.23. The standard InChI is InChI=1S/C9H6ClN3O2/c10-7-5-8(12)9(13(14)15)4-6(7)2-1-3-11/h1-2,4-5H,12H2. The summed E-state index contributed by atoms with van der Waals surface area (Å²) < 4.78 is 0. The van der Waals surface area contributed by atoms with Gasteiger partial charge in [0.2, 0.25) is 0 Å². The molecule has 5 nitrogen and oxygen atoms in total. The SMILES string of the molecule is N#CC=Cc1cc([N+](=O)[O-])c(N)cc1Cl. The number of nitro groups is 1. The van der Waals surface area contributed by atoms with Crippen LogP contribution in [0.3, 0.4) is 0 Å². The Morgan fingerprint density at radius 3 is 2.80 bits per heavy atom. The Bertz CT molecular complexity index is 477. The summed E-state index contributed by atoms with van der Waals surface area (Å²) >= 11 is 5.78. The van der Waals surface area contributed by atoms with Crippen LogP contribution >= 0.6 is 11.6 Å². The first-order chi connectivity index (χ1) is 7.06. The van der Waals surface area contributed by atoms with Crippen LogP contribution in [0.4, 0.5) is 11.4 Å². The molecular weight excluding hydrogens is 218 g/mol. The van der Waals surface area contributed by atoms with Gasteiger partial charge in [-0.2, -0.15) is 5.26 Å². The van der Waals surface area contributed by atoms with Crippen LogP contribution in [-0.4, -0.2) is 4.92 Å². The number of nitrogens with zero attached hydrogens (tertiary/aromatic N) is 2. The van der Waals surface area contributed by atoms with Gasteiger partial charge in [-0.15, -0.1) is 0 Å². The van der Waals surface area contributed by atoms with Gasteiger partial charge in [-0.1, -0.05) is 11.6 Å². The van der Waals surface area contributed by atoms with Gasteiger partial charge < -0.3 is 5.73 Å². The summed E-state index contributed by atoms with van der Waals surface area (Å²) in [5.74, 6) is 0. The summed E-state index contributed by atoms with van der Waals surface area (Å²) in [6.45, 7) is 0. The van der Waals surface area contributed by atoms with E-state index < -0.39 is 4.92 Å². The number of nitro benzene ring substituents is 1. The zero-order valence-corrected chi connectivity index (χ0v) is 8.23. The third-order valence-electron chi connectivity index (χ3n) is 1.68. The average molecular weight is 224 g/mol. The Labute approximate surface area is 90.5 Å². The normalized spacial score (nSPS) is 10.1. The van der Waals surface area contributed by atoms with E-state index in [1.54, 1.807) is 6.07 Å². The van der Waals surface area contributed by atoms with E-state index in [4.69, 9.17) is 22.6 Å². The Morgan fingerprint density at radius 1 is 1.60 bits per heavy atom. The Kier molecular flexibility index (Phi) is 3.26. The third-order valence-corrected chi connectivity index (χ3v) is 2.01. The highest BCUT2D eigenvalue weighted by Crippen LogP contribution is 2.29. The van der Waals surface area contributed by atoms with Gasteiger partial charge in [-0.05, 0) is 12.1 Å². The molecule has 1 aromatic rings. The number of hydrogen-bond acceptors (Lipinski definition) is 4. The highest BCUT2D eigenvalue weighted by Gasteiger charge is 2.13. The first-order valence-electron chi connectivity index (χ1n) is 3.86. The number of nitriles is 1. The van der Waals surface area contributed by atoms with E-state index >= 15 is 0 Å². The molecular formula is C9H6ClN3O2. The van der Waals surface area contributed by atoms with Crippen LogP contribution in [0.15, 0.2) is 18.2 Å². The second kappa shape index (κ2) is 4.44. The number of allylic oxidation sites excluding steroid dienone is 1. The molecule has 6 heteroatoms. The number of anilines is 1. The fourth-order valence-electron chi connectivity index (χ4n) is 1.01. The predicted molar refractivity (Wildman–Crippen MR) is 57.2 cm³/mol. The third kappa shape index (κ3) is 2.45. The van der Waals surface area contributed by atoms with E-state index in [1.165, 1.54) is 24.3 Å². The fourth-order valence-corrected chi connectivity index (χ4v) is 1.24. The molecule has 0 bridgehead atoms. The zero-order valence-electron chi connectivity index (χ0n) is 7.48. The summed E-state index contributed by atoms with van der Waals surface area (Å²) in [5.41, 5.74) is 5.57. The number of rotatable bonds is 2. The van der Waals surface area contributed by atoms with Crippen LogP contribution < -0.4 is 5.73 Å². The minimum Gasteiger partial charge on any atom is -0.393 e. The number of nitrogens with two attached hydrogens (primary N) is 1. The number of nitrogen functional groups attached to an aromatic ring is 1. The Hall–Kier alpha value is -2.06. The maximum atomic E-state index is 10.6. The van der Waals surface area contributed by atoms with Crippen LogP contribution in [0.25, 0.3) is 6.08 Å². The number of benzene rings is 1. The minimum atomic E-state index is -0.602. The average Bonchev–Trinajstić information content (AvgIpc) is 2.16. The molecule has 15 heavy (non-hydrogen) atoms. The van der Waals surface area contributed by atoms with E-state index in [-0.39, 0.29) is 16.4 Å². The molecule has 1 aromatic carbocycles. The van der Waals surface area contributed by atoms with Crippen molar-refractivity contribution in [1.82, 2.24) is 0 Å². The van der Waals surface area contributed by atoms with Crippen molar-refractivity contribution in [2.45, 2.75) is 0 Å². The lowest BCUT2D eigenvalue weighted by molar-refractivity contribution is -0.383. The predicted octanol–water partition coefficient (Wildman–Crippen LogP) is 2.37. The van der Waals surface area contributed by atoms with Gasteiger partial charge in [-0.25, -0.2) is 0 Å². The highest BCUT2D eigenvalue weighted by atomic mass is 35.5. The van der Waals surface area contributed by atoms with Gasteiger partial charge in [0, 0.05) is 17.7 Å². The zero-order chi connectivity index (χ0) is 11.4. The van der Waals surface area contributed by atoms with Gasteiger partial charge in [0.15, 0.2) is 0 Å². The molecule has 0 aliphatic rings. The van der Waals surface area contributed by atoms with Crippen LogP contribution in [0, 0.1) is 21.4 Å². The van der Waals surface area contributed by atoms with Crippen molar-refractivity contribution >= 4 is 29.1 Å². The van der Waals surface area contributed by atoms with Crippen LogP contribution in [0.2, 0.25) is 5.02 Å². The highest BCUT2D eigenvalue weighted by molar-refractivity contribution is 6.32. The maximum absolute atomic E-state index is 10.6. The first kappa shape index (κ1) is 11.0. The van der Waals surface area contributed by atoms with Crippen LogP contribution in [0.5, 0.6) is 0 Å². The Morgan fingerprint density at radius 2 is 2.27 bits per heavy atom. The molecule has 0 heterocycles. The second-order valence-corrected chi connectivity index (χ2v) is 3.06. The lowest BCUT2D eigenvalue weighted by Crippen LogP contribution is -1.96. The number of hydrogen-bond donors (Lipinski definition) is 1. The molecule has 0 fully saturated rings. The van der Waals surface area contributed by atoms with E-state index in [0.717, 1.165) is 0 Å². The van der Waals surface area contributed by atoms with E-state index in [2.05, 4.69) is 0 Å². The molecule has 2 N–H and O–H groups in total. The summed E-state index contributed by atoms with van der Waals surface area (Å²) in [6, 6.07) is 4.28. The van der Waals surface area contributed by atoms with Gasteiger partial charge >= 0.3 is 0 Å². The van der Waals surface area contributed by atoms with E-state index in [0.29, 0.717) is 5.56 Å². The molecule has 0 amide bonds. The molecule has 0 saturated heterocycles. The lowest BCUT2D eigenvalue weighted by atomic mass is 10.1. The summed E-state index contributed by atoms with van der Waals surface area (Å²) in [4.78, 5) is 9.95.